The molecule has 0 unspecified atom stereocenters. The fraction of sp³-hybridized carbons (Fsp3) is 0.429. The normalized spacial score (nSPS) is 10.0. The molecule has 1 N–H and O–H groups in total. The fourth-order valence-corrected chi connectivity index (χ4v) is 1.47. The highest BCUT2D eigenvalue weighted by Crippen LogP contribution is 2.05. The minimum absolute atomic E-state index is 0.676. The van der Waals surface area contributed by atoms with Crippen molar-refractivity contribution in [3.05, 3.63) is 35.4 Å². The van der Waals surface area contributed by atoms with E-state index >= 15 is 0 Å². The molecular formula is C14H19NO. The molecule has 1 aromatic rings. The van der Waals surface area contributed by atoms with Crippen molar-refractivity contribution in [1.29, 1.82) is 0 Å². The van der Waals surface area contributed by atoms with Gasteiger partial charge < -0.3 is 10.1 Å². The molecule has 0 aliphatic carbocycles. The van der Waals surface area contributed by atoms with Crippen LogP contribution in [0.1, 0.15) is 24.0 Å². The molecule has 1 aromatic carbocycles. The second-order valence-electron chi connectivity index (χ2n) is 3.73. The molecule has 0 saturated carbocycles. The molecule has 1 rings (SSSR count). The van der Waals surface area contributed by atoms with Gasteiger partial charge >= 0.3 is 0 Å². The molecule has 0 amide bonds. The lowest BCUT2D eigenvalue weighted by molar-refractivity contribution is 0.185. The SMILES string of the molecule is C#CCCCNCc1ccc(COC)cc1. The van der Waals surface area contributed by atoms with Crippen LogP contribution in [-0.2, 0) is 17.9 Å². The third kappa shape index (κ3) is 4.97. The number of ether oxygens (including phenoxy) is 1. The average molecular weight is 217 g/mol. The van der Waals surface area contributed by atoms with E-state index in [9.17, 15) is 0 Å². The number of hydrogen-bond acceptors (Lipinski definition) is 2. The first kappa shape index (κ1) is 12.8. The Hall–Kier alpha value is -1.30. The zero-order valence-corrected chi connectivity index (χ0v) is 9.83. The van der Waals surface area contributed by atoms with Gasteiger partial charge in [-0.2, -0.15) is 0 Å². The molecule has 0 fully saturated rings. The number of nitrogens with one attached hydrogen (secondary N) is 1. The Balaban J connectivity index is 2.24. The highest BCUT2D eigenvalue weighted by atomic mass is 16.5. The predicted molar refractivity (Wildman–Crippen MR) is 66.9 cm³/mol. The maximum absolute atomic E-state index is 5.18. The molecule has 86 valence electrons. The van der Waals surface area contributed by atoms with Crippen LogP contribution in [0.3, 0.4) is 0 Å². The summed E-state index contributed by atoms with van der Waals surface area (Å²) in [5.41, 5.74) is 2.50. The van der Waals surface area contributed by atoms with E-state index in [4.69, 9.17) is 11.2 Å². The Labute approximate surface area is 98.0 Å². The summed E-state index contributed by atoms with van der Waals surface area (Å²) < 4.78 is 5.06. The standard InChI is InChI=1S/C14H19NO/c1-3-4-5-10-15-11-13-6-8-14(9-7-13)12-16-2/h1,6-9,15H,4-5,10-12H2,2H3. The van der Waals surface area contributed by atoms with Gasteiger partial charge in [0.25, 0.3) is 0 Å². The summed E-state index contributed by atoms with van der Waals surface area (Å²) in [4.78, 5) is 0. The van der Waals surface area contributed by atoms with Crippen LogP contribution < -0.4 is 5.32 Å². The quantitative estimate of drug-likeness (QED) is 0.559. The first-order valence-electron chi connectivity index (χ1n) is 5.57. The van der Waals surface area contributed by atoms with Crippen molar-refractivity contribution in [3.8, 4) is 12.3 Å². The molecule has 16 heavy (non-hydrogen) atoms. The number of unbranched alkanes of at least 4 members (excludes halogenated alkanes) is 1. The second kappa shape index (κ2) is 7.92. The summed E-state index contributed by atoms with van der Waals surface area (Å²) in [7, 11) is 1.71. The summed E-state index contributed by atoms with van der Waals surface area (Å²) >= 11 is 0. The van der Waals surface area contributed by atoms with Gasteiger partial charge in [-0.1, -0.05) is 24.3 Å². The van der Waals surface area contributed by atoms with Gasteiger partial charge in [-0.25, -0.2) is 0 Å². The third-order valence-corrected chi connectivity index (χ3v) is 2.34. The van der Waals surface area contributed by atoms with Crippen molar-refractivity contribution in [2.75, 3.05) is 13.7 Å². The van der Waals surface area contributed by atoms with E-state index in [-0.39, 0.29) is 0 Å². The van der Waals surface area contributed by atoms with Gasteiger partial charge in [0, 0.05) is 20.1 Å². The molecule has 2 nitrogen and oxygen atoms in total. The zero-order chi connectivity index (χ0) is 11.6. The summed E-state index contributed by atoms with van der Waals surface area (Å²) in [5, 5.41) is 3.36. The lowest BCUT2D eigenvalue weighted by atomic mass is 10.1. The van der Waals surface area contributed by atoms with Gasteiger partial charge in [-0.05, 0) is 24.1 Å². The lowest BCUT2D eigenvalue weighted by Crippen LogP contribution is -2.14. The summed E-state index contributed by atoms with van der Waals surface area (Å²) in [5.74, 6) is 2.63. The van der Waals surface area contributed by atoms with E-state index < -0.39 is 0 Å². The van der Waals surface area contributed by atoms with E-state index in [0.717, 1.165) is 25.9 Å². The van der Waals surface area contributed by atoms with Gasteiger partial charge in [-0.3, -0.25) is 0 Å². The summed E-state index contributed by atoms with van der Waals surface area (Å²) in [6.07, 6.45) is 7.06. The van der Waals surface area contributed by atoms with E-state index in [0.29, 0.717) is 6.61 Å². The predicted octanol–water partition coefficient (Wildman–Crippen LogP) is 2.34. The third-order valence-electron chi connectivity index (χ3n) is 2.34. The van der Waals surface area contributed by atoms with Crippen LogP contribution in [0.5, 0.6) is 0 Å². The topological polar surface area (TPSA) is 21.3 Å². The fourth-order valence-electron chi connectivity index (χ4n) is 1.47. The number of methoxy groups -OCH3 is 1. The van der Waals surface area contributed by atoms with Crippen LogP contribution in [-0.4, -0.2) is 13.7 Å². The second-order valence-corrected chi connectivity index (χ2v) is 3.73. The number of terminal acetylenes is 1. The molecule has 0 atom stereocenters. The van der Waals surface area contributed by atoms with Crippen LogP contribution in [0.15, 0.2) is 24.3 Å². The van der Waals surface area contributed by atoms with Crippen molar-refractivity contribution >= 4 is 0 Å². The van der Waals surface area contributed by atoms with Gasteiger partial charge in [0.05, 0.1) is 6.61 Å². The maximum Gasteiger partial charge on any atom is 0.0713 e. The Morgan fingerprint density at radius 1 is 1.25 bits per heavy atom. The van der Waals surface area contributed by atoms with Crippen molar-refractivity contribution < 1.29 is 4.74 Å². The van der Waals surface area contributed by atoms with Gasteiger partial charge in [0.15, 0.2) is 0 Å². The summed E-state index contributed by atoms with van der Waals surface area (Å²) in [6, 6.07) is 8.45. The monoisotopic (exact) mass is 217 g/mol. The molecular weight excluding hydrogens is 198 g/mol. The van der Waals surface area contributed by atoms with Crippen LogP contribution in [0.25, 0.3) is 0 Å². The van der Waals surface area contributed by atoms with Gasteiger partial charge in [0.1, 0.15) is 0 Å². The molecule has 0 radical (unpaired) electrons. The van der Waals surface area contributed by atoms with Crippen LogP contribution >= 0.6 is 0 Å². The Bertz CT molecular complexity index is 324. The largest absolute Gasteiger partial charge is 0.380 e. The van der Waals surface area contributed by atoms with Crippen molar-refractivity contribution in [1.82, 2.24) is 5.32 Å². The van der Waals surface area contributed by atoms with Crippen molar-refractivity contribution in [2.45, 2.75) is 26.0 Å². The van der Waals surface area contributed by atoms with Gasteiger partial charge in [-0.15, -0.1) is 12.3 Å². The van der Waals surface area contributed by atoms with Gasteiger partial charge in [0.2, 0.25) is 0 Å². The van der Waals surface area contributed by atoms with Crippen molar-refractivity contribution in [2.24, 2.45) is 0 Å². The smallest absolute Gasteiger partial charge is 0.0713 e. The maximum atomic E-state index is 5.18. The molecule has 0 aromatic heterocycles. The first-order valence-corrected chi connectivity index (χ1v) is 5.57. The van der Waals surface area contributed by atoms with Crippen LogP contribution in [0, 0.1) is 12.3 Å². The summed E-state index contributed by atoms with van der Waals surface area (Å²) in [6.45, 7) is 2.55. The Kier molecular flexibility index (Phi) is 6.32. The van der Waals surface area contributed by atoms with Crippen LogP contribution in [0.4, 0.5) is 0 Å². The number of rotatable bonds is 7. The number of hydrogen-bond donors (Lipinski definition) is 1. The molecule has 0 spiro atoms. The molecule has 0 bridgehead atoms. The molecule has 0 aliphatic rings. The Morgan fingerprint density at radius 2 is 1.94 bits per heavy atom. The molecule has 0 heterocycles. The van der Waals surface area contributed by atoms with E-state index in [1.165, 1.54) is 11.1 Å². The minimum atomic E-state index is 0.676. The molecule has 0 saturated heterocycles. The molecule has 0 aliphatic heterocycles. The highest BCUT2D eigenvalue weighted by molar-refractivity contribution is 5.21. The van der Waals surface area contributed by atoms with E-state index in [1.807, 2.05) is 0 Å². The first-order chi connectivity index (χ1) is 7.86. The van der Waals surface area contributed by atoms with Crippen molar-refractivity contribution in [3.63, 3.8) is 0 Å². The zero-order valence-electron chi connectivity index (χ0n) is 9.83. The lowest BCUT2D eigenvalue weighted by Gasteiger charge is -2.05. The molecule has 2 heteroatoms. The number of benzene rings is 1. The minimum Gasteiger partial charge on any atom is -0.380 e. The Morgan fingerprint density at radius 3 is 2.56 bits per heavy atom. The van der Waals surface area contributed by atoms with E-state index in [2.05, 4.69) is 35.5 Å². The van der Waals surface area contributed by atoms with E-state index in [1.54, 1.807) is 7.11 Å². The average Bonchev–Trinajstić information content (AvgIpc) is 2.31. The van der Waals surface area contributed by atoms with Crippen LogP contribution in [0.2, 0.25) is 0 Å². The highest BCUT2D eigenvalue weighted by Gasteiger charge is 1.94.